The zero-order chi connectivity index (χ0) is 31.8. The van der Waals surface area contributed by atoms with Crippen molar-refractivity contribution >= 4 is 27.8 Å². The average Bonchev–Trinajstić information content (AvgIpc) is 3.70. The van der Waals surface area contributed by atoms with Crippen LogP contribution in [0.25, 0.3) is 33.2 Å². The highest BCUT2D eigenvalue weighted by Gasteiger charge is 2.40. The van der Waals surface area contributed by atoms with E-state index in [1.165, 1.54) is 6.07 Å². The summed E-state index contributed by atoms with van der Waals surface area (Å²) in [5.74, 6) is -0.621. The van der Waals surface area contributed by atoms with Gasteiger partial charge < -0.3 is 19.2 Å². The van der Waals surface area contributed by atoms with E-state index in [0.717, 1.165) is 21.0 Å². The smallest absolute Gasteiger partial charge is 0.449 e. The number of piperazine rings is 1. The number of fused-ring (bicyclic) bond motifs is 2. The summed E-state index contributed by atoms with van der Waals surface area (Å²) in [5, 5.41) is 0.922. The number of methoxy groups -OCH3 is 1. The van der Waals surface area contributed by atoms with Crippen molar-refractivity contribution in [2.75, 3.05) is 26.7 Å². The highest BCUT2D eigenvalue weighted by atomic mass is 19.4. The van der Waals surface area contributed by atoms with Gasteiger partial charge in [0, 0.05) is 31.6 Å². The summed E-state index contributed by atoms with van der Waals surface area (Å²) in [6.07, 6.45) is -3.05. The van der Waals surface area contributed by atoms with Gasteiger partial charge in [-0.1, -0.05) is 60.7 Å². The van der Waals surface area contributed by atoms with Crippen LogP contribution in [0.4, 0.5) is 13.2 Å². The second-order valence-corrected chi connectivity index (χ2v) is 11.3. The minimum atomic E-state index is -4.73. The first-order valence-electron chi connectivity index (χ1n) is 14.9. The molecule has 12 heteroatoms. The quantitative estimate of drug-likeness (QED) is 0.231. The van der Waals surface area contributed by atoms with Crippen LogP contribution in [0, 0.1) is 0 Å². The van der Waals surface area contributed by atoms with Crippen molar-refractivity contribution < 1.29 is 22.7 Å². The fourth-order valence-electron chi connectivity index (χ4n) is 6.12. The molecule has 234 valence electrons. The van der Waals surface area contributed by atoms with Gasteiger partial charge in [0.2, 0.25) is 17.6 Å². The zero-order valence-corrected chi connectivity index (χ0v) is 24.9. The van der Waals surface area contributed by atoms with Crippen LogP contribution in [-0.2, 0) is 24.1 Å². The number of pyridine rings is 1. The molecule has 0 unspecified atom stereocenters. The van der Waals surface area contributed by atoms with Crippen LogP contribution in [0.2, 0.25) is 0 Å². The summed E-state index contributed by atoms with van der Waals surface area (Å²) >= 11 is 0. The maximum Gasteiger partial charge on any atom is 0.449 e. The number of hydrogen-bond acceptors (Lipinski definition) is 6. The summed E-state index contributed by atoms with van der Waals surface area (Å²) in [6, 6.07) is 25.4. The van der Waals surface area contributed by atoms with Gasteiger partial charge >= 0.3 is 6.18 Å². The fourth-order valence-corrected chi connectivity index (χ4v) is 6.12. The van der Waals surface area contributed by atoms with E-state index in [1.807, 2.05) is 60.7 Å². The molecule has 3 aromatic heterocycles. The summed E-state index contributed by atoms with van der Waals surface area (Å²) < 4.78 is 48.7. The number of carbonyl (C=O) groups is 1. The molecule has 1 saturated heterocycles. The predicted octanol–water partition coefficient (Wildman–Crippen LogP) is 6.09. The number of carbonyl (C=O) groups excluding carboxylic acids is 1. The first kappa shape index (κ1) is 29.5. The van der Waals surface area contributed by atoms with Crippen molar-refractivity contribution in [3.8, 4) is 17.1 Å². The second-order valence-electron chi connectivity index (χ2n) is 11.3. The zero-order valence-electron chi connectivity index (χ0n) is 24.9. The number of halogens is 3. The summed E-state index contributed by atoms with van der Waals surface area (Å²) in [6.45, 7) is 1.42. The van der Waals surface area contributed by atoms with Gasteiger partial charge in [-0.2, -0.15) is 13.2 Å². The van der Waals surface area contributed by atoms with Gasteiger partial charge in [0.25, 0.3) is 0 Å². The number of hydrogen-bond donors (Lipinski definition) is 1. The molecule has 6 aromatic rings. The van der Waals surface area contributed by atoms with Crippen molar-refractivity contribution in [2.45, 2.75) is 25.3 Å². The van der Waals surface area contributed by atoms with Crippen molar-refractivity contribution in [2.24, 2.45) is 0 Å². The van der Waals surface area contributed by atoms with Crippen LogP contribution >= 0.6 is 0 Å². The SMILES string of the molecule is COc1nc2ccccc2cc1-c1cnc([C@@H]2CN(Cc3ccccc3)CCN2C(=O)Cn2c(C(F)(F)F)nc3ccccc32)[nH]1. The number of aromatic amines is 1. The Morgan fingerprint density at radius 3 is 2.48 bits per heavy atom. The maximum atomic E-state index is 14.1. The maximum absolute atomic E-state index is 14.1. The molecule has 1 N–H and O–H groups in total. The minimum Gasteiger partial charge on any atom is -0.480 e. The van der Waals surface area contributed by atoms with E-state index >= 15 is 0 Å². The Balaban J connectivity index is 1.24. The largest absolute Gasteiger partial charge is 0.480 e. The van der Waals surface area contributed by atoms with Gasteiger partial charge in [0.1, 0.15) is 18.4 Å². The molecule has 3 aromatic carbocycles. The molecule has 46 heavy (non-hydrogen) atoms. The topological polar surface area (TPSA) is 92.2 Å². The van der Waals surface area contributed by atoms with Crippen LogP contribution in [0.5, 0.6) is 5.88 Å². The highest BCUT2D eigenvalue weighted by molar-refractivity contribution is 5.85. The Hall–Kier alpha value is -5.23. The Morgan fingerprint density at radius 1 is 0.957 bits per heavy atom. The summed E-state index contributed by atoms with van der Waals surface area (Å²) in [5.41, 5.74) is 3.69. The van der Waals surface area contributed by atoms with Crippen LogP contribution in [0.15, 0.2) is 91.1 Å². The Kier molecular flexibility index (Phi) is 7.65. The lowest BCUT2D eigenvalue weighted by molar-refractivity contribution is -0.148. The number of para-hydroxylation sites is 3. The van der Waals surface area contributed by atoms with Gasteiger partial charge in [0.15, 0.2) is 0 Å². The predicted molar refractivity (Wildman–Crippen MR) is 167 cm³/mol. The standard InChI is InChI=1S/C34H30F3N7O2/c1-46-32-24(17-23-11-5-6-12-25(23)40-32)27-18-38-31(39-27)29-20-42(19-22-9-3-2-4-10-22)15-16-43(29)30(45)21-44-28-14-8-7-13-26(28)41-33(44)34(35,36)37/h2-14,17-18,29H,15-16,19-21H2,1H3,(H,38,39)/t29-/m0/s1. The van der Waals surface area contributed by atoms with Crippen molar-refractivity contribution in [1.29, 1.82) is 0 Å². The fraction of sp³-hybridized carbons (Fsp3) is 0.235. The number of benzene rings is 3. The molecule has 0 aliphatic carbocycles. The van der Waals surface area contributed by atoms with E-state index in [0.29, 0.717) is 49.1 Å². The second kappa shape index (κ2) is 11.9. The van der Waals surface area contributed by atoms with E-state index in [1.54, 1.807) is 36.4 Å². The summed E-state index contributed by atoms with van der Waals surface area (Å²) in [7, 11) is 1.55. The van der Waals surface area contributed by atoms with Gasteiger partial charge in [-0.3, -0.25) is 9.69 Å². The lowest BCUT2D eigenvalue weighted by Crippen LogP contribution is -2.51. The molecule has 0 saturated carbocycles. The molecule has 1 amide bonds. The Bertz CT molecular complexity index is 2020. The Morgan fingerprint density at radius 2 is 1.70 bits per heavy atom. The molecule has 7 rings (SSSR count). The first-order chi connectivity index (χ1) is 22.3. The van der Waals surface area contributed by atoms with E-state index in [4.69, 9.17) is 9.72 Å². The molecule has 1 aliphatic rings. The third-order valence-electron chi connectivity index (χ3n) is 8.32. The summed E-state index contributed by atoms with van der Waals surface area (Å²) in [4.78, 5) is 34.4. The number of imidazole rings is 2. The van der Waals surface area contributed by atoms with Crippen molar-refractivity contribution in [3.05, 3.63) is 108 Å². The van der Waals surface area contributed by atoms with Gasteiger partial charge in [-0.15, -0.1) is 0 Å². The van der Waals surface area contributed by atoms with E-state index in [-0.39, 0.29) is 11.0 Å². The number of ether oxygens (including phenoxy) is 1. The van der Waals surface area contributed by atoms with Crippen LogP contribution < -0.4 is 4.74 Å². The minimum absolute atomic E-state index is 0.181. The van der Waals surface area contributed by atoms with E-state index in [9.17, 15) is 18.0 Å². The van der Waals surface area contributed by atoms with Gasteiger partial charge in [-0.05, 0) is 29.8 Å². The molecule has 1 aliphatic heterocycles. The molecule has 0 bridgehead atoms. The molecular formula is C34H30F3N7O2. The third kappa shape index (κ3) is 5.67. The normalized spacial score (nSPS) is 15.9. The first-order valence-corrected chi connectivity index (χ1v) is 14.9. The molecule has 4 heterocycles. The van der Waals surface area contributed by atoms with Crippen molar-refractivity contribution in [3.63, 3.8) is 0 Å². The number of alkyl halides is 3. The van der Waals surface area contributed by atoms with Gasteiger partial charge in [0.05, 0.1) is 41.1 Å². The molecular weight excluding hydrogens is 595 g/mol. The van der Waals surface area contributed by atoms with Gasteiger partial charge in [-0.25, -0.2) is 15.0 Å². The molecule has 9 nitrogen and oxygen atoms in total. The van der Waals surface area contributed by atoms with Crippen LogP contribution in [-0.4, -0.2) is 67.0 Å². The monoisotopic (exact) mass is 625 g/mol. The highest BCUT2D eigenvalue weighted by Crippen LogP contribution is 2.34. The molecule has 1 atom stereocenters. The van der Waals surface area contributed by atoms with Crippen molar-refractivity contribution in [1.82, 2.24) is 34.3 Å². The van der Waals surface area contributed by atoms with E-state index in [2.05, 4.69) is 19.9 Å². The molecule has 0 radical (unpaired) electrons. The number of nitrogens with zero attached hydrogens (tertiary/aromatic N) is 6. The lowest BCUT2D eigenvalue weighted by Gasteiger charge is -2.40. The average molecular weight is 626 g/mol. The molecule has 0 spiro atoms. The number of rotatable bonds is 7. The number of amides is 1. The number of aromatic nitrogens is 5. The molecule has 1 fully saturated rings. The van der Waals surface area contributed by atoms with Crippen LogP contribution in [0.1, 0.15) is 23.3 Å². The van der Waals surface area contributed by atoms with E-state index < -0.39 is 30.5 Å². The lowest BCUT2D eigenvalue weighted by atomic mass is 10.1. The van der Waals surface area contributed by atoms with Crippen LogP contribution in [0.3, 0.4) is 0 Å². The number of H-pyrrole nitrogens is 1. The Labute approximate surface area is 262 Å². The number of nitrogens with one attached hydrogen (secondary N) is 1. The third-order valence-corrected chi connectivity index (χ3v) is 8.32.